The van der Waals surface area contributed by atoms with E-state index in [1.807, 2.05) is 0 Å². The van der Waals surface area contributed by atoms with E-state index in [1.54, 1.807) is 18.2 Å². The number of hydrogen-bond acceptors (Lipinski definition) is 7. The van der Waals surface area contributed by atoms with Crippen LogP contribution in [0.3, 0.4) is 0 Å². The predicted octanol–water partition coefficient (Wildman–Crippen LogP) is 3.10. The quantitative estimate of drug-likeness (QED) is 0.294. The molecule has 2 rings (SSSR count). The molecule has 0 spiro atoms. The van der Waals surface area contributed by atoms with Crippen molar-refractivity contribution in [2.75, 3.05) is 34.3 Å². The van der Waals surface area contributed by atoms with Crippen molar-refractivity contribution in [1.82, 2.24) is 0 Å². The third kappa shape index (κ3) is 4.43. The summed E-state index contributed by atoms with van der Waals surface area (Å²) >= 11 is 5.47. The summed E-state index contributed by atoms with van der Waals surface area (Å²) in [6, 6.07) is 7.58. The summed E-state index contributed by atoms with van der Waals surface area (Å²) in [6.07, 6.45) is 0. The highest BCUT2D eigenvalue weighted by molar-refractivity contribution is 6.26. The fraction of sp³-hybridized carbons (Fsp3) is 0.263. The molecule has 0 heterocycles. The lowest BCUT2D eigenvalue weighted by Crippen LogP contribution is -2.11. The topological polar surface area (TPSA) is 80.3 Å². The van der Waals surface area contributed by atoms with Gasteiger partial charge in [-0.15, -0.1) is 11.6 Å². The van der Waals surface area contributed by atoms with Crippen molar-refractivity contribution in [2.45, 2.75) is 0 Å². The van der Waals surface area contributed by atoms with Crippen LogP contribution < -0.4 is 23.7 Å². The minimum atomic E-state index is -0.660. The van der Waals surface area contributed by atoms with Crippen LogP contribution in [0.25, 0.3) is 0 Å². The molecule has 0 atom stereocenters. The van der Waals surface area contributed by atoms with Gasteiger partial charge in [-0.2, -0.15) is 0 Å². The predicted molar refractivity (Wildman–Crippen MR) is 98.9 cm³/mol. The number of carbonyl (C=O) groups excluding carboxylic acids is 2. The second-order valence-electron chi connectivity index (χ2n) is 5.22. The van der Waals surface area contributed by atoms with Gasteiger partial charge in [0.15, 0.2) is 28.8 Å². The first-order chi connectivity index (χ1) is 13.0. The Labute approximate surface area is 161 Å². The zero-order valence-electron chi connectivity index (χ0n) is 15.3. The summed E-state index contributed by atoms with van der Waals surface area (Å²) in [6.45, 7) is 0. The molecule has 0 radical (unpaired) electrons. The van der Waals surface area contributed by atoms with Gasteiger partial charge in [0.1, 0.15) is 5.88 Å². The smallest absolute Gasteiger partial charge is 0.326 e. The molecule has 0 aliphatic rings. The summed E-state index contributed by atoms with van der Waals surface area (Å²) in [5.74, 6) is 0.158. The molecule has 0 saturated heterocycles. The molecular formula is C19H19ClO7. The van der Waals surface area contributed by atoms with Crippen molar-refractivity contribution in [1.29, 1.82) is 0 Å². The van der Waals surface area contributed by atoms with Gasteiger partial charge in [-0.25, -0.2) is 0 Å². The van der Waals surface area contributed by atoms with Crippen LogP contribution in [0.1, 0.15) is 15.9 Å². The van der Waals surface area contributed by atoms with E-state index in [0.29, 0.717) is 28.6 Å². The summed E-state index contributed by atoms with van der Waals surface area (Å²) in [4.78, 5) is 24.4. The number of benzene rings is 2. The van der Waals surface area contributed by atoms with Gasteiger partial charge in [0.05, 0.1) is 28.4 Å². The highest BCUT2D eigenvalue weighted by atomic mass is 35.5. The fourth-order valence-corrected chi connectivity index (χ4v) is 2.48. The standard InChI is InChI=1S/C19H19ClO7/c1-23-13-6-5-11(7-14(13)27-17(21)10-20)18(22)12-8-15(24-2)19(26-4)16(9-12)25-3/h5-9H,10H2,1-4H3. The van der Waals surface area contributed by atoms with E-state index in [4.69, 9.17) is 35.3 Å². The Morgan fingerprint density at radius 1 is 0.778 bits per heavy atom. The van der Waals surface area contributed by atoms with Crippen LogP contribution in [0.5, 0.6) is 28.7 Å². The molecule has 27 heavy (non-hydrogen) atoms. The highest BCUT2D eigenvalue weighted by Crippen LogP contribution is 2.39. The van der Waals surface area contributed by atoms with Crippen molar-refractivity contribution in [3.8, 4) is 28.7 Å². The molecule has 144 valence electrons. The summed E-state index contributed by atoms with van der Waals surface area (Å²) in [5.41, 5.74) is 0.590. The van der Waals surface area contributed by atoms with E-state index in [0.717, 1.165) is 0 Å². The maximum absolute atomic E-state index is 12.9. The SMILES string of the molecule is COc1ccc(C(=O)c2cc(OC)c(OC)c(OC)c2)cc1OC(=O)CCl. The Hall–Kier alpha value is -2.93. The van der Waals surface area contributed by atoms with Gasteiger partial charge in [-0.3, -0.25) is 9.59 Å². The first kappa shape index (κ1) is 20.4. The summed E-state index contributed by atoms with van der Waals surface area (Å²) < 4.78 is 26.1. The minimum absolute atomic E-state index is 0.0986. The second kappa shape index (κ2) is 9.14. The first-order valence-electron chi connectivity index (χ1n) is 7.78. The van der Waals surface area contributed by atoms with Crippen molar-refractivity contribution >= 4 is 23.4 Å². The molecule has 2 aromatic carbocycles. The Balaban J connectivity index is 2.48. The molecular weight excluding hydrogens is 376 g/mol. The number of esters is 1. The van der Waals surface area contributed by atoms with Crippen LogP contribution >= 0.6 is 11.6 Å². The molecule has 0 bridgehead atoms. The maximum atomic E-state index is 12.9. The average molecular weight is 395 g/mol. The van der Waals surface area contributed by atoms with E-state index in [2.05, 4.69) is 0 Å². The summed E-state index contributed by atoms with van der Waals surface area (Å²) in [7, 11) is 5.82. The number of alkyl halides is 1. The number of ether oxygens (including phenoxy) is 5. The largest absolute Gasteiger partial charge is 0.493 e. The molecule has 0 amide bonds. The molecule has 7 nitrogen and oxygen atoms in total. The van der Waals surface area contributed by atoms with E-state index in [1.165, 1.54) is 40.6 Å². The molecule has 0 aliphatic carbocycles. The number of methoxy groups -OCH3 is 4. The Kier molecular flexibility index (Phi) is 6.90. The number of halogens is 1. The van der Waals surface area contributed by atoms with Crippen LogP contribution in [0.2, 0.25) is 0 Å². The second-order valence-corrected chi connectivity index (χ2v) is 5.48. The Morgan fingerprint density at radius 2 is 1.33 bits per heavy atom. The monoisotopic (exact) mass is 394 g/mol. The maximum Gasteiger partial charge on any atom is 0.326 e. The third-order valence-corrected chi connectivity index (χ3v) is 3.90. The normalized spacial score (nSPS) is 10.1. The molecule has 0 aliphatic heterocycles. The fourth-order valence-electron chi connectivity index (χ4n) is 2.43. The van der Waals surface area contributed by atoms with E-state index in [-0.39, 0.29) is 23.0 Å². The van der Waals surface area contributed by atoms with Gasteiger partial charge in [-0.1, -0.05) is 0 Å². The molecule has 0 unspecified atom stereocenters. The lowest BCUT2D eigenvalue weighted by molar-refractivity contribution is -0.131. The van der Waals surface area contributed by atoms with Gasteiger partial charge in [-0.05, 0) is 30.3 Å². The zero-order valence-corrected chi connectivity index (χ0v) is 16.1. The molecule has 0 fully saturated rings. The highest BCUT2D eigenvalue weighted by Gasteiger charge is 2.20. The zero-order chi connectivity index (χ0) is 20.0. The van der Waals surface area contributed by atoms with Crippen molar-refractivity contribution in [3.05, 3.63) is 41.5 Å². The first-order valence-corrected chi connectivity index (χ1v) is 8.31. The van der Waals surface area contributed by atoms with Gasteiger partial charge >= 0.3 is 5.97 Å². The molecule has 0 N–H and O–H groups in total. The number of carbonyl (C=O) groups is 2. The number of rotatable bonds is 8. The van der Waals surface area contributed by atoms with Gasteiger partial charge in [0.2, 0.25) is 5.75 Å². The number of hydrogen-bond donors (Lipinski definition) is 0. The number of ketones is 1. The third-order valence-electron chi connectivity index (χ3n) is 3.69. The lowest BCUT2D eigenvalue weighted by atomic mass is 10.0. The average Bonchev–Trinajstić information content (AvgIpc) is 2.71. The molecule has 2 aromatic rings. The van der Waals surface area contributed by atoms with Gasteiger partial charge < -0.3 is 23.7 Å². The van der Waals surface area contributed by atoms with Gasteiger partial charge in [0.25, 0.3) is 0 Å². The molecule has 0 saturated carbocycles. The van der Waals surface area contributed by atoms with Gasteiger partial charge in [0, 0.05) is 11.1 Å². The van der Waals surface area contributed by atoms with Crippen LogP contribution in [0, 0.1) is 0 Å². The van der Waals surface area contributed by atoms with E-state index < -0.39 is 5.97 Å². The van der Waals surface area contributed by atoms with Crippen LogP contribution in [-0.4, -0.2) is 46.1 Å². The Bertz CT molecular complexity index is 823. The van der Waals surface area contributed by atoms with E-state index in [9.17, 15) is 9.59 Å². The van der Waals surface area contributed by atoms with Crippen LogP contribution in [0.4, 0.5) is 0 Å². The Morgan fingerprint density at radius 3 is 1.81 bits per heavy atom. The van der Waals surface area contributed by atoms with Crippen LogP contribution in [-0.2, 0) is 4.79 Å². The van der Waals surface area contributed by atoms with Crippen molar-refractivity contribution < 1.29 is 33.3 Å². The molecule has 8 heteroatoms. The summed E-state index contributed by atoms with van der Waals surface area (Å²) in [5, 5.41) is 0. The lowest BCUT2D eigenvalue weighted by Gasteiger charge is -2.14. The van der Waals surface area contributed by atoms with Crippen molar-refractivity contribution in [2.24, 2.45) is 0 Å². The van der Waals surface area contributed by atoms with E-state index >= 15 is 0 Å². The molecule has 0 aromatic heterocycles. The minimum Gasteiger partial charge on any atom is -0.493 e. The van der Waals surface area contributed by atoms with Crippen LogP contribution in [0.15, 0.2) is 30.3 Å². The van der Waals surface area contributed by atoms with Crippen molar-refractivity contribution in [3.63, 3.8) is 0 Å².